The molecule has 2 N–H and O–H groups in total. The summed E-state index contributed by atoms with van der Waals surface area (Å²) in [5, 5.41) is 0. The van der Waals surface area contributed by atoms with Crippen molar-refractivity contribution in [2.45, 2.75) is 51.4 Å². The van der Waals surface area contributed by atoms with E-state index in [9.17, 15) is 13.2 Å². The number of carbonyl (C=O) groups is 1. The molecular weight excluding hydrogens is 552 g/mol. The molecule has 37 heavy (non-hydrogen) atoms. The van der Waals surface area contributed by atoms with Gasteiger partial charge in [0, 0.05) is 22.4 Å². The lowest BCUT2D eigenvalue weighted by Crippen LogP contribution is -2.12. The number of hydrogen-bond donors (Lipinski definition) is 2. The van der Waals surface area contributed by atoms with Gasteiger partial charge in [0.2, 0.25) is 0 Å². The second-order valence-corrected chi connectivity index (χ2v) is 12.9. The van der Waals surface area contributed by atoms with Gasteiger partial charge in [0.15, 0.2) is 5.78 Å². The fraction of sp³-hybridized carbons (Fsp3) is 0.310. The molecule has 1 heterocycles. The molecule has 0 aliphatic carbocycles. The van der Waals surface area contributed by atoms with Gasteiger partial charge in [-0.25, -0.2) is 4.98 Å². The molecule has 0 spiro atoms. The Hall–Kier alpha value is -2.81. The second-order valence-electron chi connectivity index (χ2n) is 10.4. The summed E-state index contributed by atoms with van der Waals surface area (Å²) in [6.45, 7) is 6.59. The number of H-pyrrole nitrogens is 1. The Labute approximate surface area is 226 Å². The Morgan fingerprint density at radius 3 is 2.32 bits per heavy atom. The van der Waals surface area contributed by atoms with Crippen molar-refractivity contribution in [3.63, 3.8) is 0 Å². The van der Waals surface area contributed by atoms with E-state index in [0.29, 0.717) is 12.0 Å². The van der Waals surface area contributed by atoms with Crippen LogP contribution in [0, 0.1) is 0 Å². The van der Waals surface area contributed by atoms with Gasteiger partial charge in [-0.05, 0) is 53.1 Å². The standard InChI is InChI=1S/C29H31BrN2O4S/c1-29(2,3)22-12-10-20(11-13-22)24(28-31-25-15-14-23(30)18-26(25)32-28)17-19-6-8-21(9-7-19)27(33)5-4-16-37(34,35)36/h6-15,18,24H,4-5,16-17H2,1-3H3,(H,31,32)(H,34,35,36). The van der Waals surface area contributed by atoms with E-state index >= 15 is 0 Å². The molecule has 8 heteroatoms. The lowest BCUT2D eigenvalue weighted by atomic mass is 9.84. The number of ketones is 1. The molecule has 194 valence electrons. The van der Waals surface area contributed by atoms with Crippen molar-refractivity contribution in [2.75, 3.05) is 5.75 Å². The Kier molecular flexibility index (Phi) is 8.02. The van der Waals surface area contributed by atoms with Gasteiger partial charge in [-0.1, -0.05) is 85.2 Å². The number of imidazole rings is 1. The van der Waals surface area contributed by atoms with Crippen molar-refractivity contribution in [1.29, 1.82) is 0 Å². The van der Waals surface area contributed by atoms with Gasteiger partial charge >= 0.3 is 0 Å². The summed E-state index contributed by atoms with van der Waals surface area (Å²) in [5.41, 5.74) is 5.92. The van der Waals surface area contributed by atoms with Gasteiger partial charge in [0.25, 0.3) is 10.1 Å². The van der Waals surface area contributed by atoms with Gasteiger partial charge in [-0.3, -0.25) is 9.35 Å². The molecule has 1 unspecified atom stereocenters. The number of nitrogens with zero attached hydrogens (tertiary/aromatic N) is 1. The summed E-state index contributed by atoms with van der Waals surface area (Å²) in [6.07, 6.45) is 0.845. The Balaban J connectivity index is 1.60. The van der Waals surface area contributed by atoms with Crippen LogP contribution in [0.5, 0.6) is 0 Å². The smallest absolute Gasteiger partial charge is 0.264 e. The van der Waals surface area contributed by atoms with Crippen LogP contribution in [0.1, 0.15) is 72.4 Å². The minimum Gasteiger partial charge on any atom is -0.341 e. The zero-order valence-electron chi connectivity index (χ0n) is 21.2. The first-order valence-corrected chi connectivity index (χ1v) is 14.6. The van der Waals surface area contributed by atoms with Crippen LogP contribution in [-0.4, -0.2) is 34.5 Å². The molecule has 0 aliphatic rings. The normalized spacial score (nSPS) is 13.1. The lowest BCUT2D eigenvalue weighted by Gasteiger charge is -2.21. The molecule has 0 radical (unpaired) electrons. The molecular formula is C29H31BrN2O4S. The summed E-state index contributed by atoms with van der Waals surface area (Å²) in [4.78, 5) is 20.8. The van der Waals surface area contributed by atoms with E-state index in [-0.39, 0.29) is 30.0 Å². The molecule has 0 bridgehead atoms. The van der Waals surface area contributed by atoms with Crippen molar-refractivity contribution in [1.82, 2.24) is 9.97 Å². The van der Waals surface area contributed by atoms with E-state index in [2.05, 4.69) is 66.0 Å². The first kappa shape index (κ1) is 27.2. The van der Waals surface area contributed by atoms with Crippen molar-refractivity contribution in [2.24, 2.45) is 0 Å². The number of halogens is 1. The van der Waals surface area contributed by atoms with Crippen LogP contribution in [0.4, 0.5) is 0 Å². The third-order valence-electron chi connectivity index (χ3n) is 6.49. The summed E-state index contributed by atoms with van der Waals surface area (Å²) < 4.78 is 31.7. The van der Waals surface area contributed by atoms with E-state index < -0.39 is 15.9 Å². The number of benzene rings is 3. The second kappa shape index (κ2) is 10.9. The highest BCUT2D eigenvalue weighted by Gasteiger charge is 2.21. The Morgan fingerprint density at radius 2 is 1.70 bits per heavy atom. The average molecular weight is 584 g/mol. The summed E-state index contributed by atoms with van der Waals surface area (Å²) >= 11 is 3.53. The van der Waals surface area contributed by atoms with Crippen LogP contribution in [0.3, 0.4) is 0 Å². The molecule has 4 aromatic rings. The zero-order valence-corrected chi connectivity index (χ0v) is 23.6. The van der Waals surface area contributed by atoms with Crippen LogP contribution < -0.4 is 0 Å². The van der Waals surface area contributed by atoms with Gasteiger partial charge in [-0.15, -0.1) is 0 Å². The van der Waals surface area contributed by atoms with E-state index in [4.69, 9.17) is 9.54 Å². The average Bonchev–Trinajstić information content (AvgIpc) is 3.24. The number of hydrogen-bond acceptors (Lipinski definition) is 4. The molecule has 0 amide bonds. The quantitative estimate of drug-likeness (QED) is 0.166. The maximum Gasteiger partial charge on any atom is 0.264 e. The molecule has 1 aromatic heterocycles. The minimum atomic E-state index is -4.06. The number of rotatable bonds is 9. The van der Waals surface area contributed by atoms with Gasteiger partial charge in [0.1, 0.15) is 5.82 Å². The van der Waals surface area contributed by atoms with Crippen LogP contribution in [-0.2, 0) is 22.0 Å². The number of fused-ring (bicyclic) bond motifs is 1. The number of nitrogens with one attached hydrogen (secondary N) is 1. The SMILES string of the molecule is CC(C)(C)c1ccc(C(Cc2ccc(C(=O)CCCS(=O)(=O)O)cc2)c2nc3ccc(Br)cc3[nH]2)cc1. The molecule has 0 fully saturated rings. The van der Waals surface area contributed by atoms with E-state index in [1.54, 1.807) is 12.1 Å². The molecule has 0 saturated heterocycles. The van der Waals surface area contributed by atoms with Crippen LogP contribution in [0.25, 0.3) is 11.0 Å². The van der Waals surface area contributed by atoms with Crippen molar-refractivity contribution >= 4 is 42.9 Å². The monoisotopic (exact) mass is 582 g/mol. The molecule has 1 atom stereocenters. The maximum atomic E-state index is 12.5. The van der Waals surface area contributed by atoms with Gasteiger partial charge in [-0.2, -0.15) is 8.42 Å². The Morgan fingerprint density at radius 1 is 1.03 bits per heavy atom. The first-order chi connectivity index (χ1) is 17.4. The first-order valence-electron chi connectivity index (χ1n) is 12.2. The third-order valence-corrected chi connectivity index (χ3v) is 7.79. The van der Waals surface area contributed by atoms with E-state index in [0.717, 1.165) is 32.5 Å². The summed E-state index contributed by atoms with van der Waals surface area (Å²) in [6, 6.07) is 22.1. The fourth-order valence-corrected chi connectivity index (χ4v) is 5.25. The van der Waals surface area contributed by atoms with Crippen molar-refractivity contribution < 1.29 is 17.8 Å². The van der Waals surface area contributed by atoms with Crippen LogP contribution in [0.15, 0.2) is 71.2 Å². The van der Waals surface area contributed by atoms with Crippen LogP contribution >= 0.6 is 15.9 Å². The van der Waals surface area contributed by atoms with Gasteiger partial charge < -0.3 is 4.98 Å². The number of Topliss-reactive ketones (excluding diaryl/α,β-unsaturated/α-hetero) is 1. The lowest BCUT2D eigenvalue weighted by molar-refractivity contribution is 0.0982. The highest BCUT2D eigenvalue weighted by molar-refractivity contribution is 9.10. The van der Waals surface area contributed by atoms with E-state index in [1.165, 1.54) is 5.56 Å². The number of aromatic nitrogens is 2. The zero-order chi connectivity index (χ0) is 26.8. The predicted octanol–water partition coefficient (Wildman–Crippen LogP) is 6.85. The molecule has 3 aromatic carbocycles. The van der Waals surface area contributed by atoms with Crippen molar-refractivity contribution in [3.8, 4) is 0 Å². The summed E-state index contributed by atoms with van der Waals surface area (Å²) in [7, 11) is -4.06. The number of aromatic amines is 1. The van der Waals surface area contributed by atoms with Crippen LogP contribution in [0.2, 0.25) is 0 Å². The fourth-order valence-electron chi connectivity index (χ4n) is 4.38. The predicted molar refractivity (Wildman–Crippen MR) is 151 cm³/mol. The Bertz CT molecular complexity index is 1500. The topological polar surface area (TPSA) is 100 Å². The molecule has 0 saturated carbocycles. The van der Waals surface area contributed by atoms with E-state index in [1.807, 2.05) is 30.3 Å². The number of carbonyl (C=O) groups excluding carboxylic acids is 1. The third kappa shape index (κ3) is 7.15. The highest BCUT2D eigenvalue weighted by atomic mass is 79.9. The molecule has 6 nitrogen and oxygen atoms in total. The molecule has 4 rings (SSSR count). The highest BCUT2D eigenvalue weighted by Crippen LogP contribution is 2.31. The maximum absolute atomic E-state index is 12.5. The van der Waals surface area contributed by atoms with Gasteiger partial charge in [0.05, 0.1) is 16.8 Å². The largest absolute Gasteiger partial charge is 0.341 e. The molecule has 0 aliphatic heterocycles. The summed E-state index contributed by atoms with van der Waals surface area (Å²) in [5.74, 6) is 0.298. The van der Waals surface area contributed by atoms with Crippen molar-refractivity contribution in [3.05, 3.63) is 99.3 Å². The minimum absolute atomic E-state index is 0.0171.